The zero-order valence-corrected chi connectivity index (χ0v) is 24.0. The molecule has 1 N–H and O–H groups in total. The molecule has 0 amide bonds. The molecule has 4 rings (SSSR count). The maximum absolute atomic E-state index is 15.5. The number of hydrogen-bond donors (Lipinski definition) is 1. The summed E-state index contributed by atoms with van der Waals surface area (Å²) in [4.78, 5) is 16.2. The van der Waals surface area contributed by atoms with Crippen LogP contribution in [0.2, 0.25) is 0 Å². The van der Waals surface area contributed by atoms with Gasteiger partial charge in [0.05, 0.1) is 54.4 Å². The van der Waals surface area contributed by atoms with E-state index in [0.29, 0.717) is 40.4 Å². The van der Waals surface area contributed by atoms with Crippen molar-refractivity contribution in [1.29, 1.82) is 0 Å². The average molecular weight is 569 g/mol. The molecule has 0 aliphatic rings. The zero-order chi connectivity index (χ0) is 28.9. The van der Waals surface area contributed by atoms with Crippen LogP contribution in [0.4, 0.5) is 4.39 Å². The molecule has 0 bridgehead atoms. The van der Waals surface area contributed by atoms with Crippen LogP contribution < -0.4 is 14.2 Å². The van der Waals surface area contributed by atoms with Crippen LogP contribution in [-0.4, -0.2) is 33.6 Å². The lowest BCUT2D eigenvalue weighted by molar-refractivity contribution is -0.142. The topological polar surface area (TPSA) is 99.9 Å². The molecule has 0 spiro atoms. The van der Waals surface area contributed by atoms with E-state index in [1.807, 2.05) is 26.8 Å². The number of carbonyl (C=O) groups excluding carboxylic acids is 1. The van der Waals surface area contributed by atoms with Crippen molar-refractivity contribution in [3.63, 3.8) is 0 Å². The molecule has 0 radical (unpaired) electrons. The van der Waals surface area contributed by atoms with Crippen molar-refractivity contribution in [2.75, 3.05) is 13.7 Å². The smallest absolute Gasteiger partial charge is 0.310 e. The Bertz CT molecular complexity index is 1530. The van der Waals surface area contributed by atoms with E-state index in [0.717, 1.165) is 10.9 Å². The molecular weight excluding hydrogens is 535 g/mol. The first kappa shape index (κ1) is 29.2. The van der Waals surface area contributed by atoms with E-state index in [9.17, 15) is 9.00 Å². The second-order valence-corrected chi connectivity index (χ2v) is 12.1. The normalized spacial score (nSPS) is 12.3. The predicted octanol–water partition coefficient (Wildman–Crippen LogP) is 5.88. The average Bonchev–Trinajstić information content (AvgIpc) is 3.33. The number of rotatable bonds is 11. The summed E-state index contributed by atoms with van der Waals surface area (Å²) >= 11 is 0. The van der Waals surface area contributed by atoms with Gasteiger partial charge in [0.25, 0.3) is 0 Å². The molecule has 0 aliphatic carbocycles. The lowest BCUT2D eigenvalue weighted by Crippen LogP contribution is -2.33. The van der Waals surface area contributed by atoms with Gasteiger partial charge in [-0.05, 0) is 57.5 Å². The van der Waals surface area contributed by atoms with Crippen LogP contribution in [0.25, 0.3) is 22.1 Å². The van der Waals surface area contributed by atoms with Crippen LogP contribution in [0.15, 0.2) is 59.3 Å². The summed E-state index contributed by atoms with van der Waals surface area (Å²) in [7, 11) is 0.198. The number of benzene rings is 2. The minimum atomic E-state index is -1.36. The molecule has 2 aromatic heterocycles. The van der Waals surface area contributed by atoms with Crippen LogP contribution >= 0.6 is 0 Å². The van der Waals surface area contributed by atoms with Gasteiger partial charge in [0.1, 0.15) is 23.7 Å². The number of aromatic nitrogens is 1. The van der Waals surface area contributed by atoms with Crippen LogP contribution in [0.5, 0.6) is 11.5 Å². The van der Waals surface area contributed by atoms with Gasteiger partial charge in [0.2, 0.25) is 0 Å². The molecule has 0 aliphatic heterocycles. The number of pyridine rings is 1. The van der Waals surface area contributed by atoms with Gasteiger partial charge in [0, 0.05) is 34.3 Å². The quantitative estimate of drug-likeness (QED) is 0.226. The summed E-state index contributed by atoms with van der Waals surface area (Å²) in [5, 5.41) is 0.761. The van der Waals surface area contributed by atoms with Crippen LogP contribution in [0.3, 0.4) is 0 Å². The van der Waals surface area contributed by atoms with E-state index < -0.39 is 21.5 Å². The summed E-state index contributed by atoms with van der Waals surface area (Å²) in [6.45, 7) is 7.75. The number of nitrogens with zero attached hydrogens (tertiary/aromatic N) is 1. The number of hydrogen-bond acceptors (Lipinski definition) is 7. The molecule has 1 atom stereocenters. The molecular formula is C30H33FN2O6S. The number of carbonyl (C=O) groups is 1. The Labute approximate surface area is 235 Å². The maximum atomic E-state index is 15.5. The fraction of sp³-hybridized carbons (Fsp3) is 0.333. The number of fused-ring (bicyclic) bond motifs is 1. The Morgan fingerprint density at radius 2 is 1.93 bits per heavy atom. The van der Waals surface area contributed by atoms with E-state index in [1.54, 1.807) is 56.7 Å². The van der Waals surface area contributed by atoms with E-state index >= 15 is 4.39 Å². The van der Waals surface area contributed by atoms with Gasteiger partial charge in [-0.25, -0.2) is 13.3 Å². The fourth-order valence-electron chi connectivity index (χ4n) is 4.01. The molecule has 4 aromatic rings. The van der Waals surface area contributed by atoms with Crippen molar-refractivity contribution in [2.45, 2.75) is 52.0 Å². The van der Waals surface area contributed by atoms with Crippen molar-refractivity contribution < 1.29 is 32.0 Å². The lowest BCUT2D eigenvalue weighted by Gasteiger charge is -2.18. The monoisotopic (exact) mass is 568 g/mol. The number of nitrogens with one attached hydrogen (secondary N) is 1. The molecule has 10 heteroatoms. The number of furan rings is 1. The number of halogens is 1. The minimum absolute atomic E-state index is 0.0330. The van der Waals surface area contributed by atoms with Gasteiger partial charge >= 0.3 is 5.97 Å². The minimum Gasteiger partial charge on any atom is -0.497 e. The first-order valence-electron chi connectivity index (χ1n) is 12.8. The summed E-state index contributed by atoms with van der Waals surface area (Å²) in [6, 6.07) is 12.2. The van der Waals surface area contributed by atoms with Gasteiger partial charge in [0.15, 0.2) is 5.82 Å². The first-order chi connectivity index (χ1) is 19.1. The molecule has 8 nitrogen and oxygen atoms in total. The second-order valence-electron chi connectivity index (χ2n) is 10.0. The van der Waals surface area contributed by atoms with Crippen LogP contribution in [0.1, 0.15) is 44.5 Å². The van der Waals surface area contributed by atoms with Crippen LogP contribution in [0, 0.1) is 5.82 Å². The van der Waals surface area contributed by atoms with E-state index in [4.69, 9.17) is 18.6 Å². The Morgan fingerprint density at radius 3 is 2.65 bits per heavy atom. The first-order valence-corrected chi connectivity index (χ1v) is 14.0. The van der Waals surface area contributed by atoms with Gasteiger partial charge in [-0.3, -0.25) is 9.78 Å². The predicted molar refractivity (Wildman–Crippen MR) is 152 cm³/mol. The Kier molecular flexibility index (Phi) is 9.21. The maximum Gasteiger partial charge on any atom is 0.310 e. The molecule has 2 aromatic carbocycles. The third-order valence-corrected chi connectivity index (χ3v) is 7.67. The van der Waals surface area contributed by atoms with Gasteiger partial charge in [-0.1, -0.05) is 12.1 Å². The molecule has 2 heterocycles. The number of methoxy groups -OCH3 is 1. The third-order valence-electron chi connectivity index (χ3n) is 6.15. The summed E-state index contributed by atoms with van der Waals surface area (Å²) in [6.07, 6.45) is 3.19. The van der Waals surface area contributed by atoms with Crippen molar-refractivity contribution in [2.24, 2.45) is 0 Å². The van der Waals surface area contributed by atoms with Crippen LogP contribution in [-0.2, 0) is 40.1 Å². The standard InChI is InChI=1S/C30H33FN2O6S/c1-6-37-28(34)14-20-7-9-22(36-5)15-27(20)39-18-21-17-38-26-10-8-19(13-24(21)26)23-11-12-32-25(29(23)31)16-33-40(35)30(2,3)4/h7-13,15,17,33H,6,14,16,18H2,1-5H3/t40-/m1/s1. The Morgan fingerprint density at radius 1 is 1.12 bits per heavy atom. The molecule has 0 fully saturated rings. The van der Waals surface area contributed by atoms with E-state index in [-0.39, 0.29) is 31.2 Å². The third kappa shape index (κ3) is 6.86. The number of esters is 1. The lowest BCUT2D eigenvalue weighted by atomic mass is 10.0. The Balaban J connectivity index is 1.58. The van der Waals surface area contributed by atoms with E-state index in [1.165, 1.54) is 6.20 Å². The van der Waals surface area contributed by atoms with Gasteiger partial charge in [-0.15, -0.1) is 0 Å². The second kappa shape index (κ2) is 12.6. The Hall–Kier alpha value is -3.76. The van der Waals surface area contributed by atoms with Crippen molar-refractivity contribution in [3.05, 3.63) is 77.6 Å². The highest BCUT2D eigenvalue weighted by Crippen LogP contribution is 2.32. The highest BCUT2D eigenvalue weighted by molar-refractivity contribution is 7.84. The SMILES string of the molecule is CCOC(=O)Cc1ccc(OC)cc1OCc1coc2ccc(-c3ccnc(CN[S@](=O)C(C)(C)C)c3F)cc12. The number of ether oxygens (including phenoxy) is 3. The highest BCUT2D eigenvalue weighted by atomic mass is 32.2. The molecule has 0 saturated carbocycles. The van der Waals surface area contributed by atoms with Gasteiger partial charge < -0.3 is 18.6 Å². The van der Waals surface area contributed by atoms with Crippen molar-refractivity contribution in [1.82, 2.24) is 9.71 Å². The van der Waals surface area contributed by atoms with Crippen molar-refractivity contribution in [3.8, 4) is 22.6 Å². The van der Waals surface area contributed by atoms with Crippen molar-refractivity contribution >= 4 is 27.9 Å². The summed E-state index contributed by atoms with van der Waals surface area (Å²) in [5.41, 5.74) is 3.22. The molecule has 40 heavy (non-hydrogen) atoms. The summed E-state index contributed by atoms with van der Waals surface area (Å²) < 4.78 is 52.5. The zero-order valence-electron chi connectivity index (χ0n) is 23.2. The fourth-order valence-corrected chi connectivity index (χ4v) is 4.71. The van der Waals surface area contributed by atoms with E-state index in [2.05, 4.69) is 9.71 Å². The molecule has 0 unspecified atom stereocenters. The van der Waals surface area contributed by atoms with Gasteiger partial charge in [-0.2, -0.15) is 0 Å². The molecule has 212 valence electrons. The largest absolute Gasteiger partial charge is 0.497 e. The summed E-state index contributed by atoms with van der Waals surface area (Å²) in [5.74, 6) is 0.241. The highest BCUT2D eigenvalue weighted by Gasteiger charge is 2.21. The molecule has 0 saturated heterocycles.